The Bertz CT molecular complexity index is 301. The van der Waals surface area contributed by atoms with Gasteiger partial charge in [-0.05, 0) is 32.5 Å². The lowest BCUT2D eigenvalue weighted by molar-refractivity contribution is -0.493. The molecule has 0 radical (unpaired) electrons. The minimum absolute atomic E-state index is 0.579. The molecule has 1 aromatic heterocycles. The highest BCUT2D eigenvalue weighted by atomic mass is 32.1. The molecule has 1 fully saturated rings. The summed E-state index contributed by atoms with van der Waals surface area (Å²) in [5, 5.41) is 0. The molecule has 13 heavy (non-hydrogen) atoms. The van der Waals surface area contributed by atoms with E-state index in [1.54, 1.807) is 3.97 Å². The van der Waals surface area contributed by atoms with E-state index in [4.69, 9.17) is 12.8 Å². The van der Waals surface area contributed by atoms with Crippen LogP contribution in [-0.4, -0.2) is 18.5 Å². The fourth-order valence-electron chi connectivity index (χ4n) is 2.00. The van der Waals surface area contributed by atoms with E-state index in [0.717, 1.165) is 0 Å². The summed E-state index contributed by atoms with van der Waals surface area (Å²) in [6.45, 7) is 1.21. The van der Waals surface area contributed by atoms with E-state index in [9.17, 15) is 0 Å². The predicted molar refractivity (Wildman–Crippen MR) is 54.0 cm³/mol. The van der Waals surface area contributed by atoms with Gasteiger partial charge in [0.1, 0.15) is 0 Å². The molecule has 2 heterocycles. The zero-order chi connectivity index (χ0) is 9.26. The van der Waals surface area contributed by atoms with Gasteiger partial charge in [0.05, 0.1) is 0 Å². The molecule has 1 saturated heterocycles. The number of hydrogen-bond acceptors (Lipinski definition) is 2. The van der Waals surface area contributed by atoms with Gasteiger partial charge in [-0.1, -0.05) is 0 Å². The van der Waals surface area contributed by atoms with Crippen molar-refractivity contribution in [1.29, 1.82) is 0 Å². The van der Waals surface area contributed by atoms with Crippen LogP contribution in [0, 0.1) is 0 Å². The topological polar surface area (TPSA) is 7.12 Å². The second-order valence-electron chi connectivity index (χ2n) is 3.64. The highest BCUT2D eigenvalue weighted by molar-refractivity contribution is 7.50. The Morgan fingerprint density at radius 2 is 2.46 bits per heavy atom. The van der Waals surface area contributed by atoms with E-state index in [0.29, 0.717) is 6.04 Å². The molecule has 0 saturated carbocycles. The summed E-state index contributed by atoms with van der Waals surface area (Å²) in [7, 11) is 2.18. The molecule has 0 amide bonds. The van der Waals surface area contributed by atoms with Crippen LogP contribution in [0.5, 0.6) is 0 Å². The summed E-state index contributed by atoms with van der Waals surface area (Å²) in [5.41, 5.74) is 1.34. The van der Waals surface area contributed by atoms with Crippen LogP contribution in [0.4, 0.5) is 0 Å². The standard InChI is InChI=1S/C10H14N2S/c1-11-6-3-5-10(11)9-4-2-7-12(13)8-9/h2,4,7-8,10H,3,5-6H2,1H3. The van der Waals surface area contributed by atoms with Crippen molar-refractivity contribution in [1.82, 2.24) is 4.90 Å². The molecule has 3 heteroatoms. The highest BCUT2D eigenvalue weighted by Gasteiger charge is 2.23. The molecule has 1 unspecified atom stereocenters. The molecular formula is C10H14N2S. The van der Waals surface area contributed by atoms with Gasteiger partial charge in [-0.25, -0.2) is 0 Å². The van der Waals surface area contributed by atoms with Gasteiger partial charge < -0.3 is 16.8 Å². The van der Waals surface area contributed by atoms with Crippen LogP contribution >= 0.6 is 0 Å². The highest BCUT2D eigenvalue weighted by Crippen LogP contribution is 2.28. The molecule has 2 rings (SSSR count). The summed E-state index contributed by atoms with van der Waals surface area (Å²) in [5.74, 6) is 0. The maximum atomic E-state index is 5.07. The molecule has 1 atom stereocenters. The number of aromatic nitrogens is 1. The Labute approximate surface area is 84.7 Å². The van der Waals surface area contributed by atoms with Crippen molar-refractivity contribution in [2.75, 3.05) is 13.6 Å². The second-order valence-corrected chi connectivity index (χ2v) is 4.06. The SMILES string of the molecule is CN1CCCC1c1ccc[n+]([S-])c1. The van der Waals surface area contributed by atoms with E-state index in [-0.39, 0.29) is 0 Å². The number of nitrogens with zero attached hydrogens (tertiary/aromatic N) is 2. The summed E-state index contributed by atoms with van der Waals surface area (Å²) >= 11 is 5.07. The third-order valence-electron chi connectivity index (χ3n) is 2.70. The molecule has 0 aliphatic carbocycles. The molecule has 70 valence electrons. The van der Waals surface area contributed by atoms with Crippen molar-refractivity contribution in [3.63, 3.8) is 0 Å². The smallest absolute Gasteiger partial charge is 0.158 e. The van der Waals surface area contributed by atoms with Crippen LogP contribution in [0.1, 0.15) is 24.4 Å². The Morgan fingerprint density at radius 1 is 1.62 bits per heavy atom. The zero-order valence-corrected chi connectivity index (χ0v) is 8.63. The zero-order valence-electron chi connectivity index (χ0n) is 7.81. The molecule has 0 aromatic carbocycles. The largest absolute Gasteiger partial charge is 0.427 e. The fourth-order valence-corrected chi connectivity index (χ4v) is 2.19. The van der Waals surface area contributed by atoms with Gasteiger partial charge in [0.2, 0.25) is 0 Å². The minimum Gasteiger partial charge on any atom is -0.427 e. The summed E-state index contributed by atoms with van der Waals surface area (Å²) in [6.07, 6.45) is 6.50. The van der Waals surface area contributed by atoms with E-state index in [1.165, 1.54) is 24.9 Å². The third kappa shape index (κ3) is 1.81. The van der Waals surface area contributed by atoms with Crippen molar-refractivity contribution in [2.45, 2.75) is 18.9 Å². The molecule has 1 aliphatic rings. The lowest BCUT2D eigenvalue weighted by atomic mass is 10.1. The van der Waals surface area contributed by atoms with Crippen LogP contribution in [0.2, 0.25) is 0 Å². The Balaban J connectivity index is 2.24. The molecule has 1 aromatic rings. The second kappa shape index (κ2) is 3.60. The minimum atomic E-state index is 0.579. The van der Waals surface area contributed by atoms with Crippen molar-refractivity contribution in [2.24, 2.45) is 0 Å². The first kappa shape index (κ1) is 8.91. The molecule has 0 N–H and O–H groups in total. The average Bonchev–Trinajstić information content (AvgIpc) is 2.51. The van der Waals surface area contributed by atoms with Crippen molar-refractivity contribution in [3.8, 4) is 0 Å². The van der Waals surface area contributed by atoms with Gasteiger partial charge in [-0.2, -0.15) is 0 Å². The van der Waals surface area contributed by atoms with Crippen LogP contribution in [0.15, 0.2) is 24.5 Å². The number of likely N-dealkylation sites (tertiary alicyclic amines) is 1. The predicted octanol–water partition coefficient (Wildman–Crippen LogP) is 1.05. The first-order valence-corrected chi connectivity index (χ1v) is 5.03. The summed E-state index contributed by atoms with van der Waals surface area (Å²) in [6, 6.07) is 4.76. The van der Waals surface area contributed by atoms with Crippen LogP contribution in [-0.2, 0) is 12.8 Å². The lowest BCUT2D eigenvalue weighted by Crippen LogP contribution is -2.27. The van der Waals surface area contributed by atoms with Crippen molar-refractivity contribution < 1.29 is 3.97 Å². The Hall–Kier alpha value is -0.670. The van der Waals surface area contributed by atoms with Crippen LogP contribution in [0.3, 0.4) is 0 Å². The summed E-state index contributed by atoms with van der Waals surface area (Å²) in [4.78, 5) is 2.39. The van der Waals surface area contributed by atoms with Gasteiger partial charge >= 0.3 is 0 Å². The van der Waals surface area contributed by atoms with E-state index in [1.807, 2.05) is 18.5 Å². The Kier molecular flexibility index (Phi) is 2.47. The maximum Gasteiger partial charge on any atom is 0.158 e. The van der Waals surface area contributed by atoms with Gasteiger partial charge in [0.25, 0.3) is 0 Å². The quantitative estimate of drug-likeness (QED) is 0.487. The van der Waals surface area contributed by atoms with E-state index < -0.39 is 0 Å². The fraction of sp³-hybridized carbons (Fsp3) is 0.500. The maximum absolute atomic E-state index is 5.07. The molecule has 1 aliphatic heterocycles. The van der Waals surface area contributed by atoms with Gasteiger partial charge in [-0.3, -0.25) is 4.90 Å². The van der Waals surface area contributed by atoms with Gasteiger partial charge in [-0.15, -0.1) is 0 Å². The van der Waals surface area contributed by atoms with Gasteiger partial charge in [0.15, 0.2) is 12.4 Å². The summed E-state index contributed by atoms with van der Waals surface area (Å²) < 4.78 is 1.71. The molecular weight excluding hydrogens is 180 g/mol. The number of pyridine rings is 1. The normalized spacial score (nSPS) is 23.6. The first-order chi connectivity index (χ1) is 6.27. The van der Waals surface area contributed by atoms with Crippen LogP contribution < -0.4 is 3.97 Å². The third-order valence-corrected chi connectivity index (χ3v) is 2.93. The average molecular weight is 194 g/mol. The molecule has 0 spiro atoms. The van der Waals surface area contributed by atoms with Gasteiger partial charge in [0, 0.05) is 17.7 Å². The number of rotatable bonds is 1. The Morgan fingerprint density at radius 3 is 3.08 bits per heavy atom. The van der Waals surface area contributed by atoms with Crippen molar-refractivity contribution >= 4 is 12.8 Å². The monoisotopic (exact) mass is 194 g/mol. The first-order valence-electron chi connectivity index (χ1n) is 4.66. The van der Waals surface area contributed by atoms with Crippen LogP contribution in [0.25, 0.3) is 0 Å². The lowest BCUT2D eigenvalue weighted by Gasteiger charge is -2.18. The van der Waals surface area contributed by atoms with Crippen molar-refractivity contribution in [3.05, 3.63) is 30.1 Å². The van der Waals surface area contributed by atoms with E-state index >= 15 is 0 Å². The number of hydrogen-bond donors (Lipinski definition) is 0. The van der Waals surface area contributed by atoms with E-state index in [2.05, 4.69) is 18.0 Å². The molecule has 2 nitrogen and oxygen atoms in total. The molecule has 0 bridgehead atoms.